The Labute approximate surface area is 142 Å². The fraction of sp³-hybridized carbons (Fsp3) is 0.375. The molecular formula is C16H19Br2NS. The Hall–Kier alpha value is -0.160. The predicted octanol–water partition coefficient (Wildman–Crippen LogP) is 5.98. The molecule has 0 aliphatic rings. The van der Waals surface area contributed by atoms with Crippen LogP contribution in [-0.4, -0.2) is 6.54 Å². The Morgan fingerprint density at radius 2 is 1.90 bits per heavy atom. The molecule has 4 heteroatoms. The van der Waals surface area contributed by atoms with Crippen molar-refractivity contribution < 1.29 is 0 Å². The van der Waals surface area contributed by atoms with E-state index in [4.69, 9.17) is 0 Å². The highest BCUT2D eigenvalue weighted by molar-refractivity contribution is 9.12. The Balaban J connectivity index is 2.44. The summed E-state index contributed by atoms with van der Waals surface area (Å²) in [4.78, 5) is 0. The summed E-state index contributed by atoms with van der Waals surface area (Å²) in [6, 6.07) is 9.15. The molecule has 1 aromatic carbocycles. The molecule has 0 bridgehead atoms. The third-order valence-corrected chi connectivity index (χ3v) is 5.71. The molecule has 0 saturated heterocycles. The van der Waals surface area contributed by atoms with E-state index in [1.54, 1.807) is 11.3 Å². The van der Waals surface area contributed by atoms with Crippen LogP contribution >= 0.6 is 43.2 Å². The minimum Gasteiger partial charge on any atom is -0.306 e. The molecule has 108 valence electrons. The molecule has 1 N–H and O–H groups in total. The lowest BCUT2D eigenvalue weighted by Crippen LogP contribution is -2.23. The van der Waals surface area contributed by atoms with Crippen LogP contribution in [0.25, 0.3) is 0 Å². The van der Waals surface area contributed by atoms with Crippen LogP contribution in [0.15, 0.2) is 31.8 Å². The lowest BCUT2D eigenvalue weighted by Gasteiger charge is -2.21. The Morgan fingerprint density at radius 3 is 2.45 bits per heavy atom. The molecule has 1 atom stereocenters. The number of nitrogens with one attached hydrogen (secondary N) is 1. The van der Waals surface area contributed by atoms with Crippen LogP contribution in [0.5, 0.6) is 0 Å². The zero-order valence-corrected chi connectivity index (χ0v) is 16.0. The van der Waals surface area contributed by atoms with Gasteiger partial charge in [-0.15, -0.1) is 11.3 Å². The van der Waals surface area contributed by atoms with E-state index in [-0.39, 0.29) is 6.04 Å². The highest BCUT2D eigenvalue weighted by Gasteiger charge is 2.20. The van der Waals surface area contributed by atoms with Gasteiger partial charge in [0.2, 0.25) is 0 Å². The van der Waals surface area contributed by atoms with Crippen molar-refractivity contribution >= 4 is 43.2 Å². The maximum Gasteiger partial charge on any atom is 0.0761 e. The van der Waals surface area contributed by atoms with Crippen LogP contribution in [0.2, 0.25) is 0 Å². The van der Waals surface area contributed by atoms with E-state index in [2.05, 4.69) is 82.2 Å². The van der Waals surface area contributed by atoms with E-state index in [9.17, 15) is 0 Å². The lowest BCUT2D eigenvalue weighted by molar-refractivity contribution is 0.596. The molecule has 1 aromatic heterocycles. The van der Waals surface area contributed by atoms with Gasteiger partial charge in [-0.1, -0.05) is 30.7 Å². The van der Waals surface area contributed by atoms with Gasteiger partial charge in [0, 0.05) is 0 Å². The predicted molar refractivity (Wildman–Crippen MR) is 95.8 cm³/mol. The maximum atomic E-state index is 3.69. The first-order valence-electron chi connectivity index (χ1n) is 6.78. The quantitative estimate of drug-likeness (QED) is 0.632. The van der Waals surface area contributed by atoms with Crippen molar-refractivity contribution in [3.63, 3.8) is 0 Å². The second-order valence-corrected chi connectivity index (χ2v) is 8.78. The maximum absolute atomic E-state index is 3.69. The third-order valence-electron chi connectivity index (χ3n) is 3.33. The number of thiophene rings is 1. The van der Waals surface area contributed by atoms with E-state index < -0.39 is 0 Å². The van der Waals surface area contributed by atoms with Gasteiger partial charge in [0.05, 0.1) is 13.6 Å². The number of benzene rings is 1. The molecule has 0 saturated carbocycles. The van der Waals surface area contributed by atoms with Crippen molar-refractivity contribution in [2.24, 2.45) is 0 Å². The van der Waals surface area contributed by atoms with Crippen molar-refractivity contribution in [2.75, 3.05) is 6.54 Å². The molecule has 0 aliphatic carbocycles. The van der Waals surface area contributed by atoms with Crippen LogP contribution < -0.4 is 5.32 Å². The zero-order valence-electron chi connectivity index (χ0n) is 12.0. The van der Waals surface area contributed by atoms with Gasteiger partial charge in [0.25, 0.3) is 0 Å². The summed E-state index contributed by atoms with van der Waals surface area (Å²) in [5.41, 5.74) is 5.32. The summed E-state index contributed by atoms with van der Waals surface area (Å²) in [5.74, 6) is 0. The number of hydrogen-bond donors (Lipinski definition) is 1. The Bertz CT molecular complexity index is 592. The van der Waals surface area contributed by atoms with Crippen LogP contribution in [-0.2, 0) is 0 Å². The molecule has 1 heterocycles. The highest BCUT2D eigenvalue weighted by Crippen LogP contribution is 2.38. The average molecular weight is 417 g/mol. The van der Waals surface area contributed by atoms with Crippen molar-refractivity contribution in [1.82, 2.24) is 5.32 Å². The summed E-state index contributed by atoms with van der Waals surface area (Å²) in [6.07, 6.45) is 1.13. The Morgan fingerprint density at radius 1 is 1.15 bits per heavy atom. The van der Waals surface area contributed by atoms with E-state index in [1.807, 2.05) is 0 Å². The number of hydrogen-bond acceptors (Lipinski definition) is 2. The van der Waals surface area contributed by atoms with Gasteiger partial charge >= 0.3 is 0 Å². The SMILES string of the molecule is CCCNC(c1ccc(C)cc1C)c1cc(Br)sc1Br. The van der Waals surface area contributed by atoms with Gasteiger partial charge in [0.1, 0.15) is 0 Å². The molecule has 0 spiro atoms. The summed E-state index contributed by atoms with van der Waals surface area (Å²) >= 11 is 9.01. The zero-order chi connectivity index (χ0) is 14.7. The molecule has 2 rings (SSSR count). The fourth-order valence-electron chi connectivity index (χ4n) is 2.38. The monoisotopic (exact) mass is 415 g/mol. The van der Waals surface area contributed by atoms with Crippen LogP contribution in [0.1, 0.15) is 41.6 Å². The van der Waals surface area contributed by atoms with Crippen LogP contribution in [0, 0.1) is 13.8 Å². The second kappa shape index (κ2) is 7.21. The van der Waals surface area contributed by atoms with Gasteiger partial charge in [-0.3, -0.25) is 0 Å². The van der Waals surface area contributed by atoms with Gasteiger partial charge in [-0.25, -0.2) is 0 Å². The first-order chi connectivity index (χ1) is 9.52. The van der Waals surface area contributed by atoms with E-state index in [0.717, 1.165) is 16.8 Å². The average Bonchev–Trinajstić information content (AvgIpc) is 2.71. The van der Waals surface area contributed by atoms with Crippen molar-refractivity contribution in [1.29, 1.82) is 0 Å². The van der Waals surface area contributed by atoms with E-state index >= 15 is 0 Å². The van der Waals surface area contributed by atoms with Gasteiger partial charge in [0.15, 0.2) is 0 Å². The third kappa shape index (κ3) is 3.73. The molecule has 0 aliphatic heterocycles. The normalized spacial score (nSPS) is 12.7. The van der Waals surface area contributed by atoms with Gasteiger partial charge in [-0.2, -0.15) is 0 Å². The van der Waals surface area contributed by atoms with Crippen molar-refractivity contribution in [3.8, 4) is 0 Å². The minimum absolute atomic E-state index is 0.243. The van der Waals surface area contributed by atoms with Crippen LogP contribution in [0.3, 0.4) is 0 Å². The minimum atomic E-state index is 0.243. The summed E-state index contributed by atoms with van der Waals surface area (Å²) in [7, 11) is 0. The molecule has 20 heavy (non-hydrogen) atoms. The van der Waals surface area contributed by atoms with Crippen molar-refractivity contribution in [3.05, 3.63) is 54.1 Å². The molecule has 0 radical (unpaired) electrons. The van der Waals surface area contributed by atoms with Crippen LogP contribution in [0.4, 0.5) is 0 Å². The first-order valence-corrected chi connectivity index (χ1v) is 9.18. The molecule has 0 fully saturated rings. The number of aryl methyl sites for hydroxylation is 2. The number of halogens is 2. The molecule has 1 unspecified atom stereocenters. The van der Waals surface area contributed by atoms with E-state index in [1.165, 1.54) is 26.0 Å². The topological polar surface area (TPSA) is 12.0 Å². The smallest absolute Gasteiger partial charge is 0.0761 e. The Kier molecular flexibility index (Phi) is 5.84. The van der Waals surface area contributed by atoms with Gasteiger partial charge in [-0.05, 0) is 81.4 Å². The molecule has 0 amide bonds. The summed E-state index contributed by atoms with van der Waals surface area (Å²) < 4.78 is 2.35. The highest BCUT2D eigenvalue weighted by atomic mass is 79.9. The molecule has 2 aromatic rings. The lowest BCUT2D eigenvalue weighted by atomic mass is 9.95. The first kappa shape index (κ1) is 16.2. The summed E-state index contributed by atoms with van der Waals surface area (Å²) in [5, 5.41) is 3.67. The fourth-order valence-corrected chi connectivity index (χ4v) is 5.28. The second-order valence-electron chi connectivity index (χ2n) is 5.03. The number of rotatable bonds is 5. The molecule has 1 nitrogen and oxygen atoms in total. The van der Waals surface area contributed by atoms with Gasteiger partial charge < -0.3 is 5.32 Å². The standard InChI is InChI=1S/C16H19Br2NS/c1-4-7-19-15(13-9-14(17)20-16(13)18)12-6-5-10(2)8-11(12)3/h5-6,8-9,15,19H,4,7H2,1-3H3. The largest absolute Gasteiger partial charge is 0.306 e. The molecular weight excluding hydrogens is 398 g/mol. The van der Waals surface area contributed by atoms with Crippen molar-refractivity contribution in [2.45, 2.75) is 33.2 Å². The van der Waals surface area contributed by atoms with E-state index in [0.29, 0.717) is 0 Å². The summed E-state index contributed by atoms with van der Waals surface area (Å²) in [6.45, 7) is 7.54.